The first-order chi connectivity index (χ1) is 26.8. The Morgan fingerprint density at radius 1 is 0.450 bits per heavy atom. The second-order valence-electron chi connectivity index (χ2n) is 11.9. The van der Waals surface area contributed by atoms with Gasteiger partial charge in [0.25, 0.3) is 0 Å². The molecule has 0 saturated heterocycles. The number of hydrogen-bond donors (Lipinski definition) is 0. The van der Waals surface area contributed by atoms with Crippen molar-refractivity contribution in [2.24, 2.45) is 0 Å². The van der Waals surface area contributed by atoms with Gasteiger partial charge in [-0.25, -0.2) is 16.8 Å². The molecule has 0 atom stereocenters. The van der Waals surface area contributed by atoms with E-state index in [9.17, 15) is 31.1 Å². The molecule has 0 heterocycles. The predicted octanol–water partition coefficient (Wildman–Crippen LogP) is 11.7. The quantitative estimate of drug-likeness (QED) is 0.0460. The molecule has 0 saturated carbocycles. The van der Waals surface area contributed by atoms with Crippen LogP contribution in [0.3, 0.4) is 0 Å². The molecule has 2 aromatic rings. The molecule has 60 heavy (non-hydrogen) atoms. The fraction of sp³-hybridized carbons (Fsp3) is 0.667. The average Bonchev–Trinajstić information content (AvgIpc) is 3.18. The van der Waals surface area contributed by atoms with Crippen molar-refractivity contribution in [3.8, 4) is 0 Å². The van der Waals surface area contributed by atoms with E-state index >= 15 is 0 Å². The molecule has 360 valence electrons. The number of carbonyl (C=O) groups excluding carboxylic acids is 1. The molecule has 0 unspecified atom stereocenters. The molecule has 0 fully saturated rings. The Morgan fingerprint density at radius 3 is 0.667 bits per heavy atom. The molecule has 21 heteroatoms. The number of carbonyl (C=O) groups is 1. The number of rotatable bonds is 14. The van der Waals surface area contributed by atoms with Gasteiger partial charge in [-0.15, -0.1) is 0 Å². The third kappa shape index (κ3) is 43.8. The summed E-state index contributed by atoms with van der Waals surface area (Å²) in [6, 6.07) is 19.8. The minimum Gasteiger partial charge on any atom is -0.741 e. The summed E-state index contributed by atoms with van der Waals surface area (Å²) in [5.41, 5.74) is -9.91. The van der Waals surface area contributed by atoms with Gasteiger partial charge >= 0.3 is 53.1 Å². The van der Waals surface area contributed by atoms with E-state index in [1.807, 2.05) is 0 Å². The van der Waals surface area contributed by atoms with Crippen molar-refractivity contribution in [3.63, 3.8) is 0 Å². The monoisotopic (exact) mass is 1340 g/mol. The molecular formula is C39H72F6O7P4Pt2S2+4. The van der Waals surface area contributed by atoms with Crippen molar-refractivity contribution >= 4 is 57.7 Å². The van der Waals surface area contributed by atoms with Crippen molar-refractivity contribution in [1.29, 1.82) is 0 Å². The summed E-state index contributed by atoms with van der Waals surface area (Å²) in [4.78, 5) is 11.8. The Kier molecular flexibility index (Phi) is 55.9. The maximum Gasteiger partial charge on any atom is 2.00 e. The molecule has 7 nitrogen and oxygen atoms in total. The zero-order chi connectivity index (χ0) is 46.6. The van der Waals surface area contributed by atoms with Crippen LogP contribution in [-0.4, -0.2) is 117 Å². The molecule has 0 aliphatic carbocycles. The van der Waals surface area contributed by atoms with Gasteiger partial charge in [0, 0.05) is 0 Å². The van der Waals surface area contributed by atoms with Crippen LogP contribution in [0.2, 0.25) is 0 Å². The molecule has 0 N–H and O–H groups in total. The van der Waals surface area contributed by atoms with E-state index in [1.54, 1.807) is 48.5 Å². The molecule has 2 rings (SSSR count). The third-order valence-corrected chi connectivity index (χ3v) is 21.7. The first-order valence-corrected chi connectivity index (χ1v) is 30.9. The van der Waals surface area contributed by atoms with E-state index in [2.05, 4.69) is 95.2 Å². The van der Waals surface area contributed by atoms with Crippen molar-refractivity contribution in [2.45, 2.75) is 94.1 Å². The Hall–Kier alpha value is 0.607. The first-order valence-electron chi connectivity index (χ1n) is 19.6. The number of ketones is 1. The molecule has 2 aromatic carbocycles. The molecule has 0 radical (unpaired) electrons. The summed E-state index contributed by atoms with van der Waals surface area (Å²) in [5, 5.41) is 0. The summed E-state index contributed by atoms with van der Waals surface area (Å²) in [5.74, 6) is 0.0352. The predicted molar refractivity (Wildman–Crippen MR) is 245 cm³/mol. The number of alkyl halides is 6. The molecule has 0 aliphatic rings. The maximum atomic E-state index is 11.8. The fourth-order valence-electron chi connectivity index (χ4n) is 4.24. The summed E-state index contributed by atoms with van der Waals surface area (Å²) in [7, 11) is -11.6. The van der Waals surface area contributed by atoms with Crippen molar-refractivity contribution < 1.29 is 99.2 Å². The number of benzene rings is 2. The summed E-state index contributed by atoms with van der Waals surface area (Å²) >= 11 is 0. The topological polar surface area (TPSA) is 131 Å². The van der Waals surface area contributed by atoms with Crippen molar-refractivity contribution in [2.75, 3.05) is 73.9 Å². The smallest absolute Gasteiger partial charge is 0.741 e. The normalized spacial score (nSPS) is 10.8. The second kappa shape index (κ2) is 44.8. The number of halogens is 6. The van der Waals surface area contributed by atoms with E-state index in [-0.39, 0.29) is 79.6 Å². The van der Waals surface area contributed by atoms with E-state index in [0.29, 0.717) is 11.1 Å². The molecule has 0 bridgehead atoms. The zero-order valence-electron chi connectivity index (χ0n) is 37.2. The van der Waals surface area contributed by atoms with Crippen LogP contribution in [0.1, 0.15) is 99.0 Å². The maximum absolute atomic E-state index is 11.8. The second-order valence-corrected chi connectivity index (χ2v) is 29.2. The minimum absolute atomic E-state index is 0. The summed E-state index contributed by atoms with van der Waals surface area (Å²) < 4.78 is 118. The summed E-state index contributed by atoms with van der Waals surface area (Å²) in [6.07, 6.45) is 17.5. The minimum atomic E-state index is -6.09. The third-order valence-electron chi connectivity index (χ3n) is 8.53. The van der Waals surface area contributed by atoms with Crippen LogP contribution in [-0.2, 0) is 62.4 Å². The van der Waals surface area contributed by atoms with Crippen LogP contribution >= 0.6 is 31.7 Å². The van der Waals surface area contributed by atoms with E-state index in [4.69, 9.17) is 25.9 Å². The van der Waals surface area contributed by atoms with Crippen molar-refractivity contribution in [3.05, 3.63) is 71.8 Å². The van der Waals surface area contributed by atoms with E-state index in [0.717, 1.165) is 0 Å². The average molecular weight is 1350 g/mol. The van der Waals surface area contributed by atoms with Gasteiger partial charge in [0.05, 0.1) is 73.9 Å². The van der Waals surface area contributed by atoms with Crippen LogP contribution < -0.4 is 0 Å². The molecule has 0 aromatic heterocycles. The molecule has 0 aliphatic heterocycles. The van der Waals surface area contributed by atoms with Gasteiger partial charge < -0.3 is 9.11 Å². The van der Waals surface area contributed by atoms with Gasteiger partial charge in [-0.05, 0) is 115 Å². The standard InChI is InChI=1S/C13H8O.4C6H15P.2CHF3O3S.2Pt/c14-13(11-7-3-1-4-8-11)12-9-5-2-6-10-12;4*1-4-7(5-2)6-3;2*2-1(3,4)8(5,6)7;;/h3-10H;4*4-6H2,1-3H3;2*(H,5,6,7);;/q-2;;;;;;;2*+2/p+2. The van der Waals surface area contributed by atoms with Crippen LogP contribution in [0, 0.1) is 12.1 Å². The fourth-order valence-corrected chi connectivity index (χ4v) is 10.2. The van der Waals surface area contributed by atoms with Gasteiger partial charge in [-0.3, -0.25) is 4.79 Å². The Morgan fingerprint density at radius 2 is 0.583 bits per heavy atom. The van der Waals surface area contributed by atoms with Gasteiger partial charge in [-0.1, -0.05) is 11.1 Å². The summed E-state index contributed by atoms with van der Waals surface area (Å²) in [6.45, 7) is 27.7. The molecular weight excluding hydrogens is 1270 g/mol. The zero-order valence-corrected chi connectivity index (χ0v) is 47.4. The van der Waals surface area contributed by atoms with Crippen LogP contribution in [0.5, 0.6) is 0 Å². The van der Waals surface area contributed by atoms with E-state index < -0.39 is 31.3 Å². The number of hydrogen-bond acceptors (Lipinski definition) is 7. The van der Waals surface area contributed by atoms with Gasteiger partial charge in [-0.2, -0.15) is 87.0 Å². The Balaban J connectivity index is -0.000000111. The largest absolute Gasteiger partial charge is 2.00 e. The molecule has 0 spiro atoms. The SMILES string of the molecule is CC[PH+](CC)CC.CC[PH+](CC)CC.CC[PH+](CC)CC.CC[PH+](CC)CC.O=C(c1cc[c-]cc1)c1cc[c-]cc1.O=S(=O)([O-])C(F)(F)F.O=S(=O)([O-])C(F)(F)F.[Pt+2].[Pt+2]. The molecule has 0 amide bonds. The Labute approximate surface area is 394 Å². The van der Waals surface area contributed by atoms with Gasteiger partial charge in [0.2, 0.25) is 0 Å². The first kappa shape index (κ1) is 74.9. The van der Waals surface area contributed by atoms with Crippen LogP contribution in [0.4, 0.5) is 26.3 Å². The van der Waals surface area contributed by atoms with Gasteiger partial charge in [0.1, 0.15) is 5.78 Å². The Bertz CT molecular complexity index is 1280. The van der Waals surface area contributed by atoms with E-state index in [1.165, 1.54) is 73.9 Å². The van der Waals surface area contributed by atoms with Crippen molar-refractivity contribution in [1.82, 2.24) is 0 Å². The van der Waals surface area contributed by atoms with Crippen LogP contribution in [0.15, 0.2) is 48.5 Å². The van der Waals surface area contributed by atoms with Gasteiger partial charge in [0.15, 0.2) is 20.2 Å². The van der Waals surface area contributed by atoms with Crippen LogP contribution in [0.25, 0.3) is 0 Å².